The van der Waals surface area contributed by atoms with Crippen molar-refractivity contribution in [3.05, 3.63) is 29.8 Å². The third-order valence-corrected chi connectivity index (χ3v) is 4.48. The molecule has 0 radical (unpaired) electrons. The molecular formula is C12H13F3O3S. The van der Waals surface area contributed by atoms with Crippen LogP contribution in [0.25, 0.3) is 0 Å². The van der Waals surface area contributed by atoms with Gasteiger partial charge in [0.2, 0.25) is 0 Å². The van der Waals surface area contributed by atoms with Crippen molar-refractivity contribution in [2.45, 2.75) is 37.1 Å². The zero-order valence-electron chi connectivity index (χ0n) is 10.2. The van der Waals surface area contributed by atoms with Crippen LogP contribution in [-0.2, 0) is 15.5 Å². The van der Waals surface area contributed by atoms with Gasteiger partial charge in [0.1, 0.15) is 5.75 Å². The highest BCUT2D eigenvalue weighted by atomic mass is 32.2. The molecule has 0 bridgehead atoms. The summed E-state index contributed by atoms with van der Waals surface area (Å²) in [7, 11) is -5.59. The normalized spacial score (nSPS) is 18.7. The molecule has 0 unspecified atom stereocenters. The summed E-state index contributed by atoms with van der Waals surface area (Å²) >= 11 is 0. The molecule has 1 saturated carbocycles. The zero-order valence-corrected chi connectivity index (χ0v) is 11.0. The van der Waals surface area contributed by atoms with E-state index in [0.717, 1.165) is 24.8 Å². The Bertz CT molecular complexity index is 557. The predicted molar refractivity (Wildman–Crippen MR) is 63.2 cm³/mol. The number of rotatable bonds is 3. The molecule has 19 heavy (non-hydrogen) atoms. The predicted octanol–water partition coefficient (Wildman–Crippen LogP) is 3.36. The summed E-state index contributed by atoms with van der Waals surface area (Å²) in [5.41, 5.74) is -4.39. The molecule has 0 N–H and O–H groups in total. The Morgan fingerprint density at radius 2 is 1.68 bits per heavy atom. The molecule has 7 heteroatoms. The second-order valence-corrected chi connectivity index (χ2v) is 6.46. The summed E-state index contributed by atoms with van der Waals surface area (Å²) < 4.78 is 62.1. The van der Waals surface area contributed by atoms with Gasteiger partial charge in [0.25, 0.3) is 0 Å². The quantitative estimate of drug-likeness (QED) is 0.634. The van der Waals surface area contributed by atoms with Gasteiger partial charge in [-0.05, 0) is 36.0 Å². The van der Waals surface area contributed by atoms with Crippen LogP contribution in [0.5, 0.6) is 5.75 Å². The first-order valence-electron chi connectivity index (χ1n) is 5.75. The number of halogens is 3. The Balaban J connectivity index is 2.16. The van der Waals surface area contributed by atoms with Crippen molar-refractivity contribution in [1.82, 2.24) is 0 Å². The van der Waals surface area contributed by atoms with Crippen LogP contribution in [-0.4, -0.2) is 13.9 Å². The molecule has 1 fully saturated rings. The van der Waals surface area contributed by atoms with Gasteiger partial charge in [0, 0.05) is 0 Å². The smallest absolute Gasteiger partial charge is 0.376 e. The minimum absolute atomic E-state index is 0.0431. The van der Waals surface area contributed by atoms with Gasteiger partial charge < -0.3 is 4.18 Å². The largest absolute Gasteiger partial charge is 0.534 e. The minimum atomic E-state index is -5.59. The molecule has 1 aliphatic carbocycles. The van der Waals surface area contributed by atoms with Crippen molar-refractivity contribution in [1.29, 1.82) is 0 Å². The van der Waals surface area contributed by atoms with E-state index >= 15 is 0 Å². The van der Waals surface area contributed by atoms with Crippen LogP contribution in [0, 0.1) is 0 Å². The lowest BCUT2D eigenvalue weighted by Gasteiger charge is -2.39. The maximum absolute atomic E-state index is 12.1. The first-order valence-corrected chi connectivity index (χ1v) is 7.16. The van der Waals surface area contributed by atoms with Crippen LogP contribution in [0.15, 0.2) is 24.3 Å². The van der Waals surface area contributed by atoms with Crippen LogP contribution >= 0.6 is 0 Å². The molecule has 0 aliphatic heterocycles. The van der Waals surface area contributed by atoms with E-state index in [9.17, 15) is 21.6 Å². The van der Waals surface area contributed by atoms with Crippen molar-refractivity contribution in [3.63, 3.8) is 0 Å². The summed E-state index contributed by atoms with van der Waals surface area (Å²) in [6.07, 6.45) is 3.17. The van der Waals surface area contributed by atoms with E-state index in [4.69, 9.17) is 0 Å². The summed E-state index contributed by atoms with van der Waals surface area (Å²) in [4.78, 5) is 0. The molecule has 2 rings (SSSR count). The Labute approximate surface area is 109 Å². The fourth-order valence-electron chi connectivity index (χ4n) is 2.08. The lowest BCUT2D eigenvalue weighted by atomic mass is 9.66. The lowest BCUT2D eigenvalue weighted by molar-refractivity contribution is -0.0500. The van der Waals surface area contributed by atoms with Gasteiger partial charge >= 0.3 is 15.6 Å². The Morgan fingerprint density at radius 3 is 2.05 bits per heavy atom. The highest BCUT2D eigenvalue weighted by Crippen LogP contribution is 2.43. The van der Waals surface area contributed by atoms with E-state index in [0.29, 0.717) is 0 Å². The fraction of sp³-hybridized carbons (Fsp3) is 0.500. The van der Waals surface area contributed by atoms with Crippen LogP contribution in [0.4, 0.5) is 13.2 Å². The number of benzene rings is 1. The molecule has 1 aliphatic rings. The zero-order chi connectivity index (χ0) is 14.3. The molecule has 1 aromatic rings. The van der Waals surface area contributed by atoms with Crippen LogP contribution in [0.1, 0.15) is 31.7 Å². The minimum Gasteiger partial charge on any atom is -0.376 e. The van der Waals surface area contributed by atoms with Gasteiger partial charge in [-0.3, -0.25) is 0 Å². The third kappa shape index (κ3) is 2.70. The average molecular weight is 294 g/mol. The highest BCUT2D eigenvalue weighted by Gasteiger charge is 2.48. The third-order valence-electron chi connectivity index (χ3n) is 3.50. The van der Waals surface area contributed by atoms with E-state index in [1.54, 1.807) is 12.1 Å². The SMILES string of the molecule is CC1(c2ccc(OS(=O)(=O)C(F)(F)F)cc2)CCC1. The lowest BCUT2D eigenvalue weighted by Crippen LogP contribution is -2.30. The number of hydrogen-bond donors (Lipinski definition) is 0. The summed E-state index contributed by atoms with van der Waals surface area (Å²) in [5.74, 6) is -0.330. The van der Waals surface area contributed by atoms with Crippen molar-refractivity contribution >= 4 is 10.1 Å². The standard InChI is InChI=1S/C12H13F3O3S/c1-11(7-2-8-11)9-3-5-10(6-4-9)18-19(16,17)12(13,14)15/h3-6H,2,7-8H2,1H3. The van der Waals surface area contributed by atoms with Crippen LogP contribution in [0.3, 0.4) is 0 Å². The average Bonchev–Trinajstić information content (AvgIpc) is 2.25. The first kappa shape index (κ1) is 14.2. The van der Waals surface area contributed by atoms with E-state index in [1.165, 1.54) is 12.1 Å². The van der Waals surface area contributed by atoms with Gasteiger partial charge in [-0.25, -0.2) is 0 Å². The van der Waals surface area contributed by atoms with Crippen LogP contribution in [0.2, 0.25) is 0 Å². The number of hydrogen-bond acceptors (Lipinski definition) is 3. The van der Waals surface area contributed by atoms with Gasteiger partial charge in [0.05, 0.1) is 0 Å². The van der Waals surface area contributed by atoms with Crippen molar-refractivity contribution in [2.75, 3.05) is 0 Å². The summed E-state index contributed by atoms with van der Waals surface area (Å²) in [5, 5.41) is 0. The second-order valence-electron chi connectivity index (χ2n) is 4.92. The van der Waals surface area contributed by atoms with Crippen LogP contribution < -0.4 is 4.18 Å². The molecule has 1 aromatic carbocycles. The maximum Gasteiger partial charge on any atom is 0.534 e. The molecule has 0 amide bonds. The topological polar surface area (TPSA) is 43.4 Å². The fourth-order valence-corrected chi connectivity index (χ4v) is 2.54. The molecule has 0 spiro atoms. The van der Waals surface area contributed by atoms with Crippen molar-refractivity contribution in [2.24, 2.45) is 0 Å². The molecule has 0 aromatic heterocycles. The Hall–Kier alpha value is -1.24. The molecular weight excluding hydrogens is 281 g/mol. The maximum atomic E-state index is 12.1. The molecule has 3 nitrogen and oxygen atoms in total. The Kier molecular flexibility index (Phi) is 3.28. The van der Waals surface area contributed by atoms with E-state index in [1.807, 2.05) is 0 Å². The van der Waals surface area contributed by atoms with E-state index < -0.39 is 15.6 Å². The second kappa shape index (κ2) is 4.40. The first-order chi connectivity index (χ1) is 8.64. The molecule has 0 heterocycles. The van der Waals surface area contributed by atoms with Gasteiger partial charge in [0.15, 0.2) is 0 Å². The Morgan fingerprint density at radius 1 is 1.16 bits per heavy atom. The van der Waals surface area contributed by atoms with Gasteiger partial charge in [-0.2, -0.15) is 21.6 Å². The van der Waals surface area contributed by atoms with Gasteiger partial charge in [-0.1, -0.05) is 25.5 Å². The van der Waals surface area contributed by atoms with Crippen molar-refractivity contribution < 1.29 is 25.8 Å². The number of alkyl halides is 3. The highest BCUT2D eigenvalue weighted by molar-refractivity contribution is 7.87. The molecule has 106 valence electrons. The van der Waals surface area contributed by atoms with Gasteiger partial charge in [-0.15, -0.1) is 0 Å². The monoisotopic (exact) mass is 294 g/mol. The molecule has 0 saturated heterocycles. The van der Waals surface area contributed by atoms with Crippen molar-refractivity contribution in [3.8, 4) is 5.75 Å². The summed E-state index contributed by atoms with van der Waals surface area (Å²) in [6, 6.07) is 5.73. The molecule has 0 atom stereocenters. The van der Waals surface area contributed by atoms with E-state index in [-0.39, 0.29) is 11.2 Å². The van der Waals surface area contributed by atoms with E-state index in [2.05, 4.69) is 11.1 Å². The summed E-state index contributed by atoms with van der Waals surface area (Å²) in [6.45, 7) is 2.07.